The van der Waals surface area contributed by atoms with Crippen molar-refractivity contribution < 1.29 is 9.84 Å². The smallest absolute Gasteiger partial charge is 0.101 e. The summed E-state index contributed by atoms with van der Waals surface area (Å²) in [6.45, 7) is 5.14. The lowest BCUT2D eigenvalue weighted by Crippen LogP contribution is -2.36. The molecule has 2 nitrogen and oxygen atoms in total. The monoisotopic (exact) mass is 240 g/mol. The molecule has 1 aliphatic rings. The Morgan fingerprint density at radius 3 is 2.71 bits per heavy atom. The van der Waals surface area contributed by atoms with Crippen molar-refractivity contribution in [3.63, 3.8) is 0 Å². The van der Waals surface area contributed by atoms with Crippen LogP contribution in [0.4, 0.5) is 0 Å². The average molecular weight is 240 g/mol. The van der Waals surface area contributed by atoms with Gasteiger partial charge in [0.1, 0.15) is 6.10 Å². The molecule has 1 rings (SSSR count). The third-order valence-electron chi connectivity index (χ3n) is 3.40. The Labute approximate surface area is 106 Å². The van der Waals surface area contributed by atoms with E-state index in [0.29, 0.717) is 5.92 Å². The number of aliphatic hydroxyl groups is 1. The highest BCUT2D eigenvalue weighted by Crippen LogP contribution is 2.20. The number of aliphatic hydroxyl groups excluding tert-OH is 1. The molecule has 2 heteroatoms. The van der Waals surface area contributed by atoms with E-state index in [4.69, 9.17) is 4.74 Å². The van der Waals surface area contributed by atoms with Crippen molar-refractivity contribution in [2.75, 3.05) is 6.61 Å². The van der Waals surface area contributed by atoms with Crippen molar-refractivity contribution in [3.8, 4) is 0 Å². The van der Waals surface area contributed by atoms with E-state index in [2.05, 4.69) is 26.0 Å². The topological polar surface area (TPSA) is 29.5 Å². The molecule has 17 heavy (non-hydrogen) atoms. The summed E-state index contributed by atoms with van der Waals surface area (Å²) in [5.41, 5.74) is 0. The molecule has 0 amide bonds. The summed E-state index contributed by atoms with van der Waals surface area (Å²) >= 11 is 0. The van der Waals surface area contributed by atoms with Crippen molar-refractivity contribution in [2.24, 2.45) is 5.92 Å². The molecule has 100 valence electrons. The molecule has 0 aliphatic carbocycles. The number of hydrogen-bond donors (Lipinski definition) is 1. The van der Waals surface area contributed by atoms with Gasteiger partial charge < -0.3 is 9.84 Å². The van der Waals surface area contributed by atoms with E-state index in [1.807, 2.05) is 0 Å². The highest BCUT2D eigenvalue weighted by atomic mass is 16.5. The quantitative estimate of drug-likeness (QED) is 0.543. The Balaban J connectivity index is 2.07. The minimum atomic E-state index is -0.310. The first-order valence-electron chi connectivity index (χ1n) is 7.20. The van der Waals surface area contributed by atoms with Crippen LogP contribution in [0.2, 0.25) is 0 Å². The Bertz CT molecular complexity index is 213. The minimum Gasteiger partial charge on any atom is -0.390 e. The van der Waals surface area contributed by atoms with Crippen LogP contribution in [0.15, 0.2) is 12.2 Å². The van der Waals surface area contributed by atoms with Crippen molar-refractivity contribution >= 4 is 0 Å². The largest absolute Gasteiger partial charge is 0.390 e. The maximum atomic E-state index is 9.84. The van der Waals surface area contributed by atoms with Gasteiger partial charge in [-0.3, -0.25) is 0 Å². The molecule has 0 aromatic rings. The van der Waals surface area contributed by atoms with E-state index >= 15 is 0 Å². The third-order valence-corrected chi connectivity index (χ3v) is 3.40. The number of unbranched alkanes of at least 4 members (excludes halogenated alkanes) is 5. The van der Waals surface area contributed by atoms with Crippen LogP contribution in [0.25, 0.3) is 0 Å². The van der Waals surface area contributed by atoms with Crippen molar-refractivity contribution in [1.29, 1.82) is 0 Å². The number of rotatable bonds is 7. The molecule has 1 heterocycles. The van der Waals surface area contributed by atoms with E-state index in [0.717, 1.165) is 19.4 Å². The lowest BCUT2D eigenvalue weighted by atomic mass is 9.97. The van der Waals surface area contributed by atoms with Gasteiger partial charge >= 0.3 is 0 Å². The third kappa shape index (κ3) is 6.23. The van der Waals surface area contributed by atoms with Gasteiger partial charge in [0.25, 0.3) is 0 Å². The van der Waals surface area contributed by atoms with Crippen LogP contribution in [0.1, 0.15) is 58.8 Å². The number of ether oxygens (including phenoxy) is 1. The molecule has 1 N–H and O–H groups in total. The van der Waals surface area contributed by atoms with Gasteiger partial charge in [0.05, 0.1) is 12.7 Å². The van der Waals surface area contributed by atoms with E-state index < -0.39 is 0 Å². The Hall–Kier alpha value is -0.340. The van der Waals surface area contributed by atoms with Gasteiger partial charge in [0, 0.05) is 0 Å². The summed E-state index contributed by atoms with van der Waals surface area (Å²) in [7, 11) is 0. The van der Waals surface area contributed by atoms with Gasteiger partial charge in [0.2, 0.25) is 0 Å². The fourth-order valence-corrected chi connectivity index (χ4v) is 2.28. The summed E-state index contributed by atoms with van der Waals surface area (Å²) in [5, 5.41) is 9.84. The lowest BCUT2D eigenvalue weighted by molar-refractivity contribution is -0.0713. The summed E-state index contributed by atoms with van der Waals surface area (Å²) in [6.07, 6.45) is 12.4. The molecular formula is C15H28O2. The zero-order valence-electron chi connectivity index (χ0n) is 11.4. The Kier molecular flexibility index (Phi) is 7.54. The number of hydrogen-bond acceptors (Lipinski definition) is 2. The van der Waals surface area contributed by atoms with Gasteiger partial charge in [0.15, 0.2) is 0 Å². The van der Waals surface area contributed by atoms with E-state index in [-0.39, 0.29) is 12.2 Å². The summed E-state index contributed by atoms with van der Waals surface area (Å²) in [5.74, 6) is 0.490. The highest BCUT2D eigenvalue weighted by molar-refractivity contribution is 4.95. The molecule has 0 aromatic carbocycles. The maximum Gasteiger partial charge on any atom is 0.101 e. The molecular weight excluding hydrogens is 212 g/mol. The molecule has 0 spiro atoms. The van der Waals surface area contributed by atoms with Crippen molar-refractivity contribution in [3.05, 3.63) is 12.2 Å². The fourth-order valence-electron chi connectivity index (χ4n) is 2.28. The van der Waals surface area contributed by atoms with Gasteiger partial charge in [-0.15, -0.1) is 0 Å². The first-order valence-corrected chi connectivity index (χ1v) is 7.20. The standard InChI is InChI=1S/C15H28O2/c1-3-4-5-6-7-8-9-10-15-14(16)11-13(2)12-17-15/h9-10,13-16H,3-8,11-12H2,1-2H3/t13-,14-,15+/m1/s1. The van der Waals surface area contributed by atoms with Crippen LogP contribution in [0, 0.1) is 5.92 Å². The molecule has 0 saturated carbocycles. The van der Waals surface area contributed by atoms with Crippen LogP contribution in [0.5, 0.6) is 0 Å². The highest BCUT2D eigenvalue weighted by Gasteiger charge is 2.25. The molecule has 1 fully saturated rings. The second kappa shape index (κ2) is 8.71. The fraction of sp³-hybridized carbons (Fsp3) is 0.867. The van der Waals surface area contributed by atoms with E-state index in [9.17, 15) is 5.11 Å². The first-order chi connectivity index (χ1) is 8.24. The second-order valence-electron chi connectivity index (χ2n) is 5.34. The predicted molar refractivity (Wildman–Crippen MR) is 72.0 cm³/mol. The van der Waals surface area contributed by atoms with Crippen molar-refractivity contribution in [2.45, 2.75) is 71.0 Å². The van der Waals surface area contributed by atoms with Gasteiger partial charge in [-0.25, -0.2) is 0 Å². The summed E-state index contributed by atoms with van der Waals surface area (Å²) in [6, 6.07) is 0. The zero-order valence-corrected chi connectivity index (χ0v) is 11.4. The van der Waals surface area contributed by atoms with Gasteiger partial charge in [-0.1, -0.05) is 51.7 Å². The maximum absolute atomic E-state index is 9.84. The van der Waals surface area contributed by atoms with Crippen LogP contribution in [0.3, 0.4) is 0 Å². The lowest BCUT2D eigenvalue weighted by Gasteiger charge is -2.29. The molecule has 0 unspecified atom stereocenters. The second-order valence-corrected chi connectivity index (χ2v) is 5.34. The van der Waals surface area contributed by atoms with Gasteiger partial charge in [-0.2, -0.15) is 0 Å². The molecule has 0 radical (unpaired) electrons. The van der Waals surface area contributed by atoms with Crippen LogP contribution >= 0.6 is 0 Å². The van der Waals surface area contributed by atoms with Crippen LogP contribution in [-0.2, 0) is 4.74 Å². The normalized spacial score (nSPS) is 29.9. The molecule has 1 saturated heterocycles. The summed E-state index contributed by atoms with van der Waals surface area (Å²) in [4.78, 5) is 0. The van der Waals surface area contributed by atoms with Crippen LogP contribution < -0.4 is 0 Å². The summed E-state index contributed by atoms with van der Waals surface area (Å²) < 4.78 is 5.61. The van der Waals surface area contributed by atoms with Crippen molar-refractivity contribution in [1.82, 2.24) is 0 Å². The zero-order chi connectivity index (χ0) is 12.5. The molecule has 3 atom stereocenters. The first kappa shape index (κ1) is 14.7. The van der Waals surface area contributed by atoms with Crippen LogP contribution in [-0.4, -0.2) is 23.9 Å². The average Bonchev–Trinajstić information content (AvgIpc) is 2.30. The Morgan fingerprint density at radius 1 is 1.24 bits per heavy atom. The minimum absolute atomic E-state index is 0.0677. The predicted octanol–water partition coefficient (Wildman–Crippen LogP) is 3.69. The Morgan fingerprint density at radius 2 is 2.00 bits per heavy atom. The van der Waals surface area contributed by atoms with E-state index in [1.165, 1.54) is 32.1 Å². The molecule has 1 aliphatic heterocycles. The number of allylic oxidation sites excluding steroid dienone is 1. The van der Waals surface area contributed by atoms with Gasteiger partial charge in [-0.05, 0) is 25.2 Å². The molecule has 0 aromatic heterocycles. The SMILES string of the molecule is CCCCCCCC=C[C@@H]1OC[C@H](C)C[C@H]1O. The van der Waals surface area contributed by atoms with E-state index in [1.54, 1.807) is 0 Å². The molecule has 0 bridgehead atoms.